The first kappa shape index (κ1) is 33.2. The van der Waals surface area contributed by atoms with Crippen LogP contribution in [0.5, 0.6) is 11.5 Å². The number of amides is 1. The molecule has 0 bridgehead atoms. The van der Waals surface area contributed by atoms with E-state index in [1.165, 1.54) is 70.6 Å². The Balaban J connectivity index is 0.00000684. The second-order valence-electron chi connectivity index (χ2n) is 9.71. The molecule has 0 saturated carbocycles. The highest BCUT2D eigenvalue weighted by atomic mass is 127. The van der Waals surface area contributed by atoms with Crippen LogP contribution in [0.4, 0.5) is 0 Å². The number of aryl methyl sites for hydroxylation is 1. The van der Waals surface area contributed by atoms with Crippen LogP contribution in [-0.2, 0) is 24.3 Å². The minimum absolute atomic E-state index is 0. The third-order valence-corrected chi connectivity index (χ3v) is 6.65. The quantitative estimate of drug-likeness (QED) is 0.138. The van der Waals surface area contributed by atoms with Crippen LogP contribution in [0.2, 0.25) is 0 Å². The smallest absolute Gasteiger partial charge is 0.224 e. The van der Waals surface area contributed by atoms with E-state index in [2.05, 4.69) is 29.9 Å². The predicted molar refractivity (Wildman–Crippen MR) is 147 cm³/mol. The molecule has 1 aromatic carbocycles. The number of nitrogens with one attached hydrogen (secondary N) is 1. The van der Waals surface area contributed by atoms with Crippen LogP contribution in [0.25, 0.3) is 0 Å². The molecular formula is C31H49IN2O3. The summed E-state index contributed by atoms with van der Waals surface area (Å²) >= 11 is 0. The van der Waals surface area contributed by atoms with Gasteiger partial charge < -0.3 is 38.8 Å². The van der Waals surface area contributed by atoms with Gasteiger partial charge in [-0.15, -0.1) is 0 Å². The number of carbonyl (C=O) groups excluding carboxylic acids is 1. The molecule has 1 heterocycles. The maximum absolute atomic E-state index is 12.5. The summed E-state index contributed by atoms with van der Waals surface area (Å²) < 4.78 is 13.6. The average molecular weight is 625 g/mol. The lowest BCUT2D eigenvalue weighted by molar-refractivity contribution is -0.694. The first-order valence-electron chi connectivity index (χ1n) is 14.2. The molecule has 0 aliphatic rings. The van der Waals surface area contributed by atoms with E-state index in [9.17, 15) is 4.79 Å². The lowest BCUT2D eigenvalue weighted by Crippen LogP contribution is -3.00. The third-order valence-electron chi connectivity index (χ3n) is 6.65. The number of methoxy groups -OCH3 is 1. The summed E-state index contributed by atoms with van der Waals surface area (Å²) in [5.41, 5.74) is 1.95. The molecule has 2 rings (SSSR count). The Morgan fingerprint density at radius 3 is 2.16 bits per heavy atom. The van der Waals surface area contributed by atoms with Crippen molar-refractivity contribution in [3.05, 3.63) is 53.9 Å². The molecule has 0 aliphatic heterocycles. The zero-order valence-electron chi connectivity index (χ0n) is 23.4. The third kappa shape index (κ3) is 14.6. The van der Waals surface area contributed by atoms with Gasteiger partial charge in [0.05, 0.1) is 20.1 Å². The van der Waals surface area contributed by atoms with Crippen LogP contribution in [0, 0.1) is 0 Å². The van der Waals surface area contributed by atoms with Gasteiger partial charge in [-0.3, -0.25) is 4.79 Å². The van der Waals surface area contributed by atoms with Crippen molar-refractivity contribution in [2.45, 2.75) is 110 Å². The first-order chi connectivity index (χ1) is 17.7. The molecular weight excluding hydrogens is 575 g/mol. The van der Waals surface area contributed by atoms with Gasteiger partial charge in [0.25, 0.3) is 0 Å². The molecule has 1 N–H and O–H groups in total. The van der Waals surface area contributed by atoms with Crippen molar-refractivity contribution in [2.24, 2.45) is 0 Å². The summed E-state index contributed by atoms with van der Waals surface area (Å²) in [6, 6.07) is 9.79. The molecule has 0 unspecified atom stereocenters. The van der Waals surface area contributed by atoms with Crippen molar-refractivity contribution in [1.29, 1.82) is 0 Å². The molecule has 1 amide bonds. The van der Waals surface area contributed by atoms with Crippen LogP contribution >= 0.6 is 0 Å². The second-order valence-corrected chi connectivity index (χ2v) is 9.71. The van der Waals surface area contributed by atoms with E-state index < -0.39 is 0 Å². The summed E-state index contributed by atoms with van der Waals surface area (Å²) in [7, 11) is 1.64. The summed E-state index contributed by atoms with van der Waals surface area (Å²) in [6.45, 7) is 6.51. The van der Waals surface area contributed by atoms with Crippen LogP contribution in [0.15, 0.2) is 42.7 Å². The zero-order chi connectivity index (χ0) is 25.8. The van der Waals surface area contributed by atoms with E-state index in [4.69, 9.17) is 9.47 Å². The Bertz CT molecular complexity index is 875. The lowest BCUT2D eigenvalue weighted by Gasteiger charge is -2.12. The van der Waals surface area contributed by atoms with Gasteiger partial charge in [-0.2, -0.15) is 0 Å². The Labute approximate surface area is 242 Å². The van der Waals surface area contributed by atoms with E-state index in [-0.39, 0.29) is 36.3 Å². The standard InChI is InChI=1S/C31H48N2O3.HI/c1-4-6-7-8-9-10-11-12-13-14-15-16-22-36-29-20-19-28(30(24-29)35-3)23-31(34)32-25-27-18-17-21-33(5-2)26-27;/h17-21,24,26H,4-16,22-23,25H2,1-3H3;1H. The predicted octanol–water partition coefficient (Wildman–Crippen LogP) is 3.95. The molecule has 0 atom stereocenters. The van der Waals surface area contributed by atoms with Gasteiger partial charge in [0.15, 0.2) is 12.4 Å². The number of benzene rings is 1. The van der Waals surface area contributed by atoms with Gasteiger partial charge in [0.2, 0.25) is 5.91 Å². The Morgan fingerprint density at radius 1 is 0.892 bits per heavy atom. The number of carbonyl (C=O) groups is 1. The number of hydrogen-bond donors (Lipinski definition) is 1. The molecule has 1 aromatic heterocycles. The normalized spacial score (nSPS) is 10.6. The van der Waals surface area contributed by atoms with Crippen molar-refractivity contribution in [3.63, 3.8) is 0 Å². The molecule has 2 aromatic rings. The van der Waals surface area contributed by atoms with E-state index in [0.29, 0.717) is 12.3 Å². The minimum atomic E-state index is -0.0228. The van der Waals surface area contributed by atoms with E-state index in [1.54, 1.807) is 7.11 Å². The summed E-state index contributed by atoms with van der Waals surface area (Å²) in [5.74, 6) is 1.47. The highest BCUT2D eigenvalue weighted by Crippen LogP contribution is 2.25. The SMILES string of the molecule is CCCCCCCCCCCCCCOc1ccc(CC(=O)NCc2ccc[n+](CC)c2)c(OC)c1.[I-]. The van der Waals surface area contributed by atoms with Crippen molar-refractivity contribution >= 4 is 5.91 Å². The topological polar surface area (TPSA) is 51.4 Å². The van der Waals surface area contributed by atoms with Gasteiger partial charge in [0, 0.05) is 29.8 Å². The highest BCUT2D eigenvalue weighted by Gasteiger charge is 2.11. The maximum atomic E-state index is 12.5. The van der Waals surface area contributed by atoms with Crippen LogP contribution in [-0.4, -0.2) is 19.6 Å². The Kier molecular flexibility index (Phi) is 19.0. The fourth-order valence-electron chi connectivity index (χ4n) is 4.41. The fourth-order valence-corrected chi connectivity index (χ4v) is 4.41. The van der Waals surface area contributed by atoms with Gasteiger partial charge in [-0.25, -0.2) is 4.57 Å². The largest absolute Gasteiger partial charge is 1.00 e. The van der Waals surface area contributed by atoms with Crippen molar-refractivity contribution in [2.75, 3.05) is 13.7 Å². The summed E-state index contributed by atoms with van der Waals surface area (Å²) in [4.78, 5) is 12.5. The maximum Gasteiger partial charge on any atom is 0.224 e. The monoisotopic (exact) mass is 624 g/mol. The van der Waals surface area contributed by atoms with Crippen molar-refractivity contribution in [1.82, 2.24) is 5.32 Å². The van der Waals surface area contributed by atoms with Crippen LogP contribution in [0.3, 0.4) is 0 Å². The Morgan fingerprint density at radius 2 is 1.54 bits per heavy atom. The number of ether oxygens (including phenoxy) is 2. The zero-order valence-corrected chi connectivity index (χ0v) is 25.6. The van der Waals surface area contributed by atoms with Crippen molar-refractivity contribution < 1.29 is 42.8 Å². The minimum Gasteiger partial charge on any atom is -1.00 e. The molecule has 0 saturated heterocycles. The number of rotatable bonds is 20. The molecule has 0 aliphatic carbocycles. The van der Waals surface area contributed by atoms with E-state index in [1.807, 2.05) is 36.5 Å². The molecule has 208 valence electrons. The van der Waals surface area contributed by atoms with Gasteiger partial charge in [-0.05, 0) is 25.5 Å². The lowest BCUT2D eigenvalue weighted by atomic mass is 10.1. The molecule has 0 radical (unpaired) electrons. The fraction of sp³-hybridized carbons (Fsp3) is 0.613. The number of nitrogens with zero attached hydrogens (tertiary/aromatic N) is 1. The number of aromatic nitrogens is 1. The summed E-state index contributed by atoms with van der Waals surface area (Å²) in [5, 5.41) is 3.01. The highest BCUT2D eigenvalue weighted by molar-refractivity contribution is 5.79. The molecule has 6 heteroatoms. The van der Waals surface area contributed by atoms with Crippen LogP contribution in [0.1, 0.15) is 102 Å². The van der Waals surface area contributed by atoms with Crippen molar-refractivity contribution in [3.8, 4) is 11.5 Å². The van der Waals surface area contributed by atoms with Gasteiger partial charge in [0.1, 0.15) is 18.0 Å². The van der Waals surface area contributed by atoms with E-state index >= 15 is 0 Å². The second kappa shape index (κ2) is 21.1. The molecule has 5 nitrogen and oxygen atoms in total. The number of pyridine rings is 1. The number of hydrogen-bond acceptors (Lipinski definition) is 3. The van der Waals surface area contributed by atoms with Crippen LogP contribution < -0.4 is 43.3 Å². The van der Waals surface area contributed by atoms with Gasteiger partial charge in [-0.1, -0.05) is 83.6 Å². The molecule has 0 spiro atoms. The average Bonchev–Trinajstić information content (AvgIpc) is 2.91. The first-order valence-corrected chi connectivity index (χ1v) is 14.2. The number of halogens is 1. The van der Waals surface area contributed by atoms with Gasteiger partial charge >= 0.3 is 0 Å². The van der Waals surface area contributed by atoms with E-state index in [0.717, 1.165) is 36.4 Å². The molecule has 37 heavy (non-hydrogen) atoms. The Hall–Kier alpha value is -1.83. The summed E-state index contributed by atoms with van der Waals surface area (Å²) in [6.07, 6.45) is 20.4. The molecule has 0 fully saturated rings. The number of unbranched alkanes of at least 4 members (excludes halogenated alkanes) is 11.